The van der Waals surface area contributed by atoms with Gasteiger partial charge in [-0.15, -0.1) is 0 Å². The second kappa shape index (κ2) is 6.77. The Morgan fingerprint density at radius 2 is 2.26 bits per heavy atom. The minimum atomic E-state index is -0.245. The Morgan fingerprint density at radius 1 is 1.63 bits per heavy atom. The number of benzene rings is 1. The van der Waals surface area contributed by atoms with Crippen LogP contribution in [0.4, 0.5) is 0 Å². The molecule has 0 radical (unpaired) electrons. The van der Waals surface area contributed by atoms with Crippen molar-refractivity contribution in [3.8, 4) is 0 Å². The molecular weight excluding hydrogens is 334 g/mol. The molecule has 0 aromatic heterocycles. The van der Waals surface area contributed by atoms with Crippen molar-refractivity contribution in [1.82, 2.24) is 4.90 Å². The van der Waals surface area contributed by atoms with Gasteiger partial charge in [-0.05, 0) is 28.1 Å². The summed E-state index contributed by atoms with van der Waals surface area (Å²) in [6, 6.07) is 5.15. The molecular formula is C12H15BrClN3O2. The van der Waals surface area contributed by atoms with Crippen molar-refractivity contribution >= 4 is 39.3 Å². The van der Waals surface area contributed by atoms with Crippen LogP contribution in [0.3, 0.4) is 0 Å². The summed E-state index contributed by atoms with van der Waals surface area (Å²) in [4.78, 5) is 13.7. The molecule has 0 aliphatic rings. The topological polar surface area (TPSA) is 78.9 Å². The Hall–Kier alpha value is -1.27. The maximum absolute atomic E-state index is 12.2. The minimum Gasteiger partial charge on any atom is -0.409 e. The maximum Gasteiger partial charge on any atom is 0.255 e. The lowest BCUT2D eigenvalue weighted by Crippen LogP contribution is -2.36. The van der Waals surface area contributed by atoms with Crippen LogP contribution in [0, 0.1) is 5.92 Å². The molecule has 7 heteroatoms. The fourth-order valence-electron chi connectivity index (χ4n) is 1.56. The van der Waals surface area contributed by atoms with Crippen LogP contribution in [0.25, 0.3) is 0 Å². The average molecular weight is 349 g/mol. The number of nitrogens with two attached hydrogens (primary N) is 1. The Bertz CT molecular complexity index is 508. The number of amides is 1. The molecule has 0 aliphatic heterocycles. The van der Waals surface area contributed by atoms with Gasteiger partial charge in [-0.3, -0.25) is 4.79 Å². The molecule has 0 spiro atoms. The highest BCUT2D eigenvalue weighted by Crippen LogP contribution is 2.26. The number of carbonyl (C=O) groups is 1. The molecule has 1 amide bonds. The zero-order valence-electron chi connectivity index (χ0n) is 10.6. The molecule has 0 fully saturated rings. The first-order valence-corrected chi connectivity index (χ1v) is 6.72. The molecule has 0 saturated carbocycles. The van der Waals surface area contributed by atoms with Crippen LogP contribution < -0.4 is 5.73 Å². The first kappa shape index (κ1) is 15.8. The van der Waals surface area contributed by atoms with Crippen LogP contribution in [-0.4, -0.2) is 35.4 Å². The summed E-state index contributed by atoms with van der Waals surface area (Å²) in [7, 11) is 1.64. The molecule has 0 saturated heterocycles. The van der Waals surface area contributed by atoms with E-state index in [0.29, 0.717) is 21.6 Å². The van der Waals surface area contributed by atoms with E-state index in [9.17, 15) is 4.79 Å². The molecule has 19 heavy (non-hydrogen) atoms. The molecule has 1 aromatic carbocycles. The van der Waals surface area contributed by atoms with Gasteiger partial charge < -0.3 is 15.8 Å². The van der Waals surface area contributed by atoms with E-state index in [-0.39, 0.29) is 17.7 Å². The number of halogens is 2. The molecule has 1 rings (SSSR count). The molecule has 1 aromatic rings. The lowest BCUT2D eigenvalue weighted by Gasteiger charge is -2.21. The summed E-state index contributed by atoms with van der Waals surface area (Å²) in [5, 5.41) is 11.9. The summed E-state index contributed by atoms with van der Waals surface area (Å²) < 4.78 is 0.665. The molecule has 1 unspecified atom stereocenters. The molecule has 0 heterocycles. The van der Waals surface area contributed by atoms with Crippen LogP contribution in [0.15, 0.2) is 27.8 Å². The van der Waals surface area contributed by atoms with Crippen molar-refractivity contribution in [2.75, 3.05) is 13.6 Å². The van der Waals surface area contributed by atoms with Gasteiger partial charge in [0.2, 0.25) is 0 Å². The SMILES string of the molecule is CC(CN(C)C(=O)c1cccc(Br)c1Cl)/C(N)=N/O. The van der Waals surface area contributed by atoms with Crippen molar-refractivity contribution in [2.24, 2.45) is 16.8 Å². The number of nitrogens with zero attached hydrogens (tertiary/aromatic N) is 2. The highest BCUT2D eigenvalue weighted by Gasteiger charge is 2.19. The molecule has 3 N–H and O–H groups in total. The van der Waals surface area contributed by atoms with Crippen LogP contribution in [0.1, 0.15) is 17.3 Å². The van der Waals surface area contributed by atoms with E-state index in [1.807, 2.05) is 0 Å². The summed E-state index contributed by atoms with van der Waals surface area (Å²) in [5.41, 5.74) is 5.89. The van der Waals surface area contributed by atoms with Gasteiger partial charge in [0.05, 0.1) is 10.6 Å². The standard InChI is InChI=1S/C12H15BrClN3O2/c1-7(11(15)16-19)6-17(2)12(18)8-4-3-5-9(13)10(8)14/h3-5,7,19H,6H2,1-2H3,(H2,15,16). The summed E-state index contributed by atoms with van der Waals surface area (Å²) >= 11 is 9.35. The summed E-state index contributed by atoms with van der Waals surface area (Å²) in [6.07, 6.45) is 0. The largest absolute Gasteiger partial charge is 0.409 e. The van der Waals surface area contributed by atoms with E-state index < -0.39 is 0 Å². The van der Waals surface area contributed by atoms with E-state index in [0.717, 1.165) is 0 Å². The van der Waals surface area contributed by atoms with Crippen molar-refractivity contribution in [3.63, 3.8) is 0 Å². The monoisotopic (exact) mass is 347 g/mol. The first-order chi connectivity index (χ1) is 8.88. The predicted molar refractivity (Wildman–Crippen MR) is 78.7 cm³/mol. The van der Waals surface area contributed by atoms with Crippen LogP contribution in [0.2, 0.25) is 5.02 Å². The zero-order chi connectivity index (χ0) is 14.6. The average Bonchev–Trinajstić information content (AvgIpc) is 2.39. The van der Waals surface area contributed by atoms with Crippen molar-refractivity contribution in [2.45, 2.75) is 6.92 Å². The lowest BCUT2D eigenvalue weighted by atomic mass is 10.1. The van der Waals surface area contributed by atoms with Gasteiger partial charge in [0.15, 0.2) is 0 Å². The highest BCUT2D eigenvalue weighted by molar-refractivity contribution is 9.10. The van der Waals surface area contributed by atoms with E-state index in [1.165, 1.54) is 4.90 Å². The van der Waals surface area contributed by atoms with Gasteiger partial charge in [-0.1, -0.05) is 29.7 Å². The highest BCUT2D eigenvalue weighted by atomic mass is 79.9. The molecule has 0 aliphatic carbocycles. The second-order valence-corrected chi connectivity index (χ2v) is 5.45. The summed E-state index contributed by atoms with van der Waals surface area (Å²) in [6.45, 7) is 2.10. The smallest absolute Gasteiger partial charge is 0.255 e. The fourth-order valence-corrected chi connectivity index (χ4v) is 2.13. The van der Waals surface area contributed by atoms with E-state index in [1.54, 1.807) is 32.2 Å². The molecule has 0 bridgehead atoms. The normalized spacial score (nSPS) is 13.2. The van der Waals surface area contributed by atoms with E-state index in [2.05, 4.69) is 21.1 Å². The molecule has 1 atom stereocenters. The number of oxime groups is 1. The van der Waals surface area contributed by atoms with E-state index in [4.69, 9.17) is 22.5 Å². The first-order valence-electron chi connectivity index (χ1n) is 5.55. The Labute approximate surface area is 125 Å². The van der Waals surface area contributed by atoms with Crippen molar-refractivity contribution in [1.29, 1.82) is 0 Å². The second-order valence-electron chi connectivity index (χ2n) is 4.21. The van der Waals surface area contributed by atoms with Crippen molar-refractivity contribution in [3.05, 3.63) is 33.3 Å². The molecule has 104 valence electrons. The van der Waals surface area contributed by atoms with Gasteiger partial charge >= 0.3 is 0 Å². The van der Waals surface area contributed by atoms with Crippen LogP contribution in [-0.2, 0) is 0 Å². The minimum absolute atomic E-state index is 0.0833. The molecule has 5 nitrogen and oxygen atoms in total. The number of carbonyl (C=O) groups excluding carboxylic acids is 1. The van der Waals surface area contributed by atoms with Gasteiger partial charge in [-0.25, -0.2) is 0 Å². The number of amidine groups is 1. The quantitative estimate of drug-likeness (QED) is 0.380. The van der Waals surface area contributed by atoms with Crippen molar-refractivity contribution < 1.29 is 10.0 Å². The lowest BCUT2D eigenvalue weighted by molar-refractivity contribution is 0.0786. The number of hydrogen-bond acceptors (Lipinski definition) is 3. The Morgan fingerprint density at radius 3 is 2.84 bits per heavy atom. The zero-order valence-corrected chi connectivity index (χ0v) is 12.9. The van der Waals surface area contributed by atoms with Gasteiger partial charge in [0.25, 0.3) is 5.91 Å². The van der Waals surface area contributed by atoms with Gasteiger partial charge in [-0.2, -0.15) is 0 Å². The number of hydrogen-bond donors (Lipinski definition) is 2. The van der Waals surface area contributed by atoms with Gasteiger partial charge in [0.1, 0.15) is 5.84 Å². The van der Waals surface area contributed by atoms with Gasteiger partial charge in [0, 0.05) is 24.0 Å². The maximum atomic E-state index is 12.2. The fraction of sp³-hybridized carbons (Fsp3) is 0.333. The summed E-state index contributed by atoms with van der Waals surface area (Å²) in [5.74, 6) is -0.381. The predicted octanol–water partition coefficient (Wildman–Crippen LogP) is 2.56. The Kier molecular flexibility index (Phi) is 5.62. The van der Waals surface area contributed by atoms with E-state index >= 15 is 0 Å². The number of rotatable bonds is 4. The van der Waals surface area contributed by atoms with Crippen LogP contribution in [0.5, 0.6) is 0 Å². The third kappa shape index (κ3) is 3.84. The Balaban J connectivity index is 2.86. The van der Waals surface area contributed by atoms with Crippen LogP contribution >= 0.6 is 27.5 Å². The third-order valence-electron chi connectivity index (χ3n) is 2.70. The third-order valence-corrected chi connectivity index (χ3v) is 3.99.